The molecule has 0 atom stereocenters. The Balaban J connectivity index is 2.30. The molecule has 134 valence electrons. The van der Waals surface area contributed by atoms with Gasteiger partial charge in [0.05, 0.1) is 21.7 Å². The van der Waals surface area contributed by atoms with Crippen molar-refractivity contribution in [3.8, 4) is 17.6 Å². The van der Waals surface area contributed by atoms with Gasteiger partial charge in [-0.2, -0.15) is 5.26 Å². The molecule has 0 aliphatic heterocycles. The summed E-state index contributed by atoms with van der Waals surface area (Å²) in [6.45, 7) is 2.07. The number of carbonyl (C=O) groups excluding carboxylic acids is 1. The highest BCUT2D eigenvalue weighted by molar-refractivity contribution is 6.42. The van der Waals surface area contributed by atoms with Crippen LogP contribution in [0.1, 0.15) is 12.5 Å². The summed E-state index contributed by atoms with van der Waals surface area (Å²) in [6.07, 6.45) is 1.33. The van der Waals surface area contributed by atoms with E-state index in [9.17, 15) is 15.2 Å². The van der Waals surface area contributed by atoms with Crippen molar-refractivity contribution < 1.29 is 14.6 Å². The van der Waals surface area contributed by atoms with Crippen molar-refractivity contribution >= 4 is 52.5 Å². The highest BCUT2D eigenvalue weighted by Crippen LogP contribution is 2.36. The second-order valence-corrected chi connectivity index (χ2v) is 6.26. The number of aromatic hydroxyl groups is 1. The Morgan fingerprint density at radius 2 is 1.96 bits per heavy atom. The zero-order valence-electron chi connectivity index (χ0n) is 13.5. The first-order valence-electron chi connectivity index (χ1n) is 7.39. The van der Waals surface area contributed by atoms with Crippen LogP contribution >= 0.6 is 34.8 Å². The predicted octanol–water partition coefficient (Wildman–Crippen LogP) is 5.30. The van der Waals surface area contributed by atoms with Crippen LogP contribution in [0.3, 0.4) is 0 Å². The van der Waals surface area contributed by atoms with Gasteiger partial charge in [0.15, 0.2) is 11.5 Å². The van der Waals surface area contributed by atoms with E-state index in [2.05, 4.69) is 5.32 Å². The molecule has 2 aromatic rings. The minimum absolute atomic E-state index is 0.0457. The molecule has 1 amide bonds. The molecule has 0 heterocycles. The maximum Gasteiger partial charge on any atom is 0.266 e. The van der Waals surface area contributed by atoms with E-state index in [1.807, 2.05) is 6.07 Å². The predicted molar refractivity (Wildman–Crippen MR) is 103 cm³/mol. The van der Waals surface area contributed by atoms with Crippen LogP contribution < -0.4 is 10.1 Å². The normalized spacial score (nSPS) is 11.0. The molecular weight excluding hydrogens is 399 g/mol. The van der Waals surface area contributed by atoms with Crippen LogP contribution in [-0.4, -0.2) is 17.6 Å². The average Bonchev–Trinajstić information content (AvgIpc) is 2.60. The lowest BCUT2D eigenvalue weighted by molar-refractivity contribution is -0.112. The molecule has 2 N–H and O–H groups in total. The number of halogens is 3. The van der Waals surface area contributed by atoms with Gasteiger partial charge in [0.1, 0.15) is 11.6 Å². The number of ether oxygens (including phenoxy) is 1. The number of nitrogens with one attached hydrogen (secondary N) is 1. The number of benzene rings is 2. The highest BCUT2D eigenvalue weighted by atomic mass is 35.5. The molecule has 0 unspecified atom stereocenters. The van der Waals surface area contributed by atoms with Crippen LogP contribution in [0.2, 0.25) is 15.1 Å². The Labute approximate surface area is 165 Å². The fourth-order valence-electron chi connectivity index (χ4n) is 2.03. The molecule has 0 spiro atoms. The minimum Gasteiger partial charge on any atom is -0.503 e. The van der Waals surface area contributed by atoms with Crippen LogP contribution in [0.25, 0.3) is 6.08 Å². The van der Waals surface area contributed by atoms with E-state index in [-0.39, 0.29) is 27.1 Å². The summed E-state index contributed by atoms with van der Waals surface area (Å²) in [5.41, 5.74) is 0.654. The fourth-order valence-corrected chi connectivity index (χ4v) is 2.55. The van der Waals surface area contributed by atoms with E-state index in [4.69, 9.17) is 39.5 Å². The molecule has 0 fully saturated rings. The number of hydrogen-bond acceptors (Lipinski definition) is 4. The van der Waals surface area contributed by atoms with Crippen LogP contribution in [-0.2, 0) is 4.79 Å². The molecular formula is C18H13Cl3N2O3. The molecule has 0 aliphatic rings. The van der Waals surface area contributed by atoms with Gasteiger partial charge < -0.3 is 15.2 Å². The molecule has 0 radical (unpaired) electrons. The number of nitrogens with zero attached hydrogens (tertiary/aromatic N) is 1. The highest BCUT2D eigenvalue weighted by Gasteiger charge is 2.13. The summed E-state index contributed by atoms with van der Waals surface area (Å²) in [5.74, 6) is -0.675. The van der Waals surface area contributed by atoms with Crippen molar-refractivity contribution in [3.05, 3.63) is 56.5 Å². The Hall–Kier alpha value is -2.39. The summed E-state index contributed by atoms with van der Waals surface area (Å²) in [6, 6.07) is 9.29. The number of hydrogen-bond donors (Lipinski definition) is 2. The number of nitriles is 1. The van der Waals surface area contributed by atoms with Crippen LogP contribution in [0.5, 0.6) is 11.5 Å². The van der Waals surface area contributed by atoms with Gasteiger partial charge in [-0.05, 0) is 48.9 Å². The lowest BCUT2D eigenvalue weighted by Gasteiger charge is -2.09. The quantitative estimate of drug-likeness (QED) is 0.517. The third-order valence-electron chi connectivity index (χ3n) is 3.20. The fraction of sp³-hybridized carbons (Fsp3) is 0.111. The van der Waals surface area contributed by atoms with E-state index >= 15 is 0 Å². The molecule has 0 aromatic heterocycles. The summed E-state index contributed by atoms with van der Waals surface area (Å²) in [4.78, 5) is 12.3. The Morgan fingerprint density at radius 3 is 2.58 bits per heavy atom. The van der Waals surface area contributed by atoms with Gasteiger partial charge >= 0.3 is 0 Å². The van der Waals surface area contributed by atoms with E-state index < -0.39 is 5.91 Å². The third-order valence-corrected chi connectivity index (χ3v) is 4.23. The largest absolute Gasteiger partial charge is 0.503 e. The maximum absolute atomic E-state index is 12.3. The lowest BCUT2D eigenvalue weighted by atomic mass is 10.1. The van der Waals surface area contributed by atoms with Crippen molar-refractivity contribution in [3.63, 3.8) is 0 Å². The zero-order valence-corrected chi connectivity index (χ0v) is 15.8. The Bertz CT molecular complexity index is 921. The van der Waals surface area contributed by atoms with Crippen LogP contribution in [0.4, 0.5) is 5.69 Å². The number of phenols is 1. The molecule has 8 heteroatoms. The first-order chi connectivity index (χ1) is 12.3. The molecule has 0 bridgehead atoms. The molecule has 2 rings (SSSR count). The summed E-state index contributed by atoms with van der Waals surface area (Å²) >= 11 is 17.7. The van der Waals surface area contributed by atoms with Crippen LogP contribution in [0, 0.1) is 11.3 Å². The summed E-state index contributed by atoms with van der Waals surface area (Å²) in [7, 11) is 0. The number of carbonyl (C=O) groups is 1. The molecule has 0 aliphatic carbocycles. The number of rotatable bonds is 5. The second-order valence-electron chi connectivity index (χ2n) is 5.04. The lowest BCUT2D eigenvalue weighted by Crippen LogP contribution is -2.13. The second kappa shape index (κ2) is 8.81. The Kier molecular flexibility index (Phi) is 6.76. The standard InChI is InChI=1S/C18H13Cl3N2O3/c1-2-26-16-7-10(6-15(21)17(16)24)5-11(9-22)18(25)23-12-3-4-13(19)14(20)8-12/h3-8,24H,2H2,1H3,(H,23,25)/b11-5+. The average molecular weight is 412 g/mol. The van der Waals surface area contributed by atoms with E-state index in [1.165, 1.54) is 30.3 Å². The van der Waals surface area contributed by atoms with Gasteiger partial charge in [-0.15, -0.1) is 0 Å². The van der Waals surface area contributed by atoms with Gasteiger partial charge in [-0.25, -0.2) is 0 Å². The van der Waals surface area contributed by atoms with Crippen molar-refractivity contribution in [1.29, 1.82) is 5.26 Å². The number of amides is 1. The van der Waals surface area contributed by atoms with Gasteiger partial charge in [0.2, 0.25) is 0 Å². The first kappa shape index (κ1) is 19.9. The Morgan fingerprint density at radius 1 is 1.23 bits per heavy atom. The molecule has 0 saturated heterocycles. The van der Waals surface area contributed by atoms with E-state index in [0.717, 1.165) is 0 Å². The van der Waals surface area contributed by atoms with Crippen molar-refractivity contribution in [2.24, 2.45) is 0 Å². The molecule has 26 heavy (non-hydrogen) atoms. The zero-order chi connectivity index (χ0) is 19.3. The van der Waals surface area contributed by atoms with Crippen molar-refractivity contribution in [2.75, 3.05) is 11.9 Å². The minimum atomic E-state index is -0.631. The van der Waals surface area contributed by atoms with Gasteiger partial charge in [-0.3, -0.25) is 4.79 Å². The number of phenolic OH excluding ortho intramolecular Hbond substituents is 1. The molecule has 5 nitrogen and oxygen atoms in total. The van der Waals surface area contributed by atoms with E-state index in [0.29, 0.717) is 22.9 Å². The van der Waals surface area contributed by atoms with Gasteiger partial charge in [-0.1, -0.05) is 34.8 Å². The van der Waals surface area contributed by atoms with Crippen molar-refractivity contribution in [2.45, 2.75) is 6.92 Å². The van der Waals surface area contributed by atoms with E-state index in [1.54, 1.807) is 13.0 Å². The maximum atomic E-state index is 12.3. The topological polar surface area (TPSA) is 82.3 Å². The van der Waals surface area contributed by atoms with Gasteiger partial charge in [0.25, 0.3) is 5.91 Å². The van der Waals surface area contributed by atoms with Crippen LogP contribution in [0.15, 0.2) is 35.9 Å². The third kappa shape index (κ3) is 4.83. The smallest absolute Gasteiger partial charge is 0.266 e. The SMILES string of the molecule is CCOc1cc(/C=C(\C#N)C(=O)Nc2ccc(Cl)c(Cl)c2)cc(Cl)c1O. The van der Waals surface area contributed by atoms with Gasteiger partial charge in [0, 0.05) is 5.69 Å². The summed E-state index contributed by atoms with van der Waals surface area (Å²) in [5, 5.41) is 22.4. The summed E-state index contributed by atoms with van der Waals surface area (Å²) < 4.78 is 5.28. The molecule has 0 saturated carbocycles. The number of anilines is 1. The van der Waals surface area contributed by atoms with Crippen molar-refractivity contribution in [1.82, 2.24) is 0 Å². The first-order valence-corrected chi connectivity index (χ1v) is 8.52. The molecule has 2 aromatic carbocycles. The monoisotopic (exact) mass is 410 g/mol.